The zero-order chi connectivity index (χ0) is 22.1. The Labute approximate surface area is 178 Å². The first kappa shape index (κ1) is 22.0. The van der Waals surface area contributed by atoms with Crippen LogP contribution in [0.15, 0.2) is 52.3 Å². The number of hydrogen-bond donors (Lipinski definition) is 1. The molecule has 0 spiro atoms. The lowest BCUT2D eigenvalue weighted by Crippen LogP contribution is -2.36. The van der Waals surface area contributed by atoms with Gasteiger partial charge in [0.25, 0.3) is 10.0 Å². The van der Waals surface area contributed by atoms with E-state index in [0.717, 1.165) is 3.97 Å². The zero-order valence-electron chi connectivity index (χ0n) is 16.7. The van der Waals surface area contributed by atoms with Gasteiger partial charge in [-0.25, -0.2) is 22.2 Å². The smallest absolute Gasteiger partial charge is 0.407 e. The Morgan fingerprint density at radius 3 is 2.63 bits per heavy atom. The second kappa shape index (κ2) is 8.19. The number of halogens is 1. The monoisotopic (exact) mass is 451 g/mol. The van der Waals surface area contributed by atoms with E-state index in [1.54, 1.807) is 5.38 Å². The van der Waals surface area contributed by atoms with Crippen molar-refractivity contribution in [3.63, 3.8) is 0 Å². The fourth-order valence-electron chi connectivity index (χ4n) is 3.05. The lowest BCUT2D eigenvalue weighted by atomic mass is 9.96. The number of thiophene rings is 1. The van der Waals surface area contributed by atoms with Crippen LogP contribution in [0.1, 0.15) is 26.3 Å². The van der Waals surface area contributed by atoms with Gasteiger partial charge in [-0.3, -0.25) is 0 Å². The summed E-state index contributed by atoms with van der Waals surface area (Å²) in [6.07, 6.45) is 1.50. The van der Waals surface area contributed by atoms with E-state index in [2.05, 4.69) is 4.98 Å². The Morgan fingerprint density at radius 2 is 2.07 bits per heavy atom. The molecule has 30 heavy (non-hydrogen) atoms. The van der Waals surface area contributed by atoms with Crippen LogP contribution in [0.4, 0.5) is 9.18 Å². The van der Waals surface area contributed by atoms with Crippen LogP contribution < -0.4 is 0 Å². The highest BCUT2D eigenvalue weighted by Gasteiger charge is 2.26. The number of carbonyl (C=O) groups is 1. The van der Waals surface area contributed by atoms with Crippen LogP contribution in [0, 0.1) is 11.4 Å². The predicted octanol–water partition coefficient (Wildman–Crippen LogP) is 4.51. The van der Waals surface area contributed by atoms with Gasteiger partial charge < -0.3 is 10.0 Å². The molecule has 3 aromatic rings. The Balaban J connectivity index is 2.11. The molecule has 0 aromatic carbocycles. The van der Waals surface area contributed by atoms with E-state index in [0.29, 0.717) is 5.56 Å². The van der Waals surface area contributed by atoms with Crippen LogP contribution in [-0.4, -0.2) is 40.0 Å². The third kappa shape index (κ3) is 4.71. The molecule has 0 bridgehead atoms. The number of carboxylic acid groups (broad SMARTS) is 1. The van der Waals surface area contributed by atoms with Gasteiger partial charge in [0, 0.05) is 24.3 Å². The van der Waals surface area contributed by atoms with Crippen molar-refractivity contribution in [1.82, 2.24) is 13.9 Å². The van der Waals surface area contributed by atoms with Crippen LogP contribution in [0.5, 0.6) is 0 Å². The van der Waals surface area contributed by atoms with Gasteiger partial charge in [0.15, 0.2) is 0 Å². The maximum Gasteiger partial charge on any atom is 0.407 e. The molecule has 0 unspecified atom stereocenters. The Bertz CT molecular complexity index is 1150. The molecule has 0 fully saturated rings. The molecule has 0 aliphatic rings. The minimum Gasteiger partial charge on any atom is -0.465 e. The van der Waals surface area contributed by atoms with Crippen molar-refractivity contribution < 1.29 is 22.7 Å². The molecular formula is C20H22FN3O4S2. The molecule has 7 nitrogen and oxygen atoms in total. The topological polar surface area (TPSA) is 92.5 Å². The first-order chi connectivity index (χ1) is 14.0. The fourth-order valence-corrected chi connectivity index (χ4v) is 5.46. The number of pyridine rings is 1. The predicted molar refractivity (Wildman–Crippen MR) is 112 cm³/mol. The average molecular weight is 452 g/mol. The van der Waals surface area contributed by atoms with E-state index in [9.17, 15) is 22.7 Å². The summed E-state index contributed by atoms with van der Waals surface area (Å²) in [6.45, 7) is 5.94. The normalized spacial score (nSPS) is 12.1. The van der Waals surface area contributed by atoms with Crippen molar-refractivity contribution in [1.29, 1.82) is 0 Å². The van der Waals surface area contributed by atoms with E-state index in [-0.39, 0.29) is 34.7 Å². The lowest BCUT2D eigenvalue weighted by Gasteiger charge is -2.27. The number of aromatic nitrogens is 2. The van der Waals surface area contributed by atoms with Crippen LogP contribution >= 0.6 is 11.3 Å². The maximum absolute atomic E-state index is 14.4. The van der Waals surface area contributed by atoms with E-state index in [1.807, 2.05) is 20.8 Å². The average Bonchev–Trinajstić information content (AvgIpc) is 3.31. The summed E-state index contributed by atoms with van der Waals surface area (Å²) in [4.78, 5) is 16.6. The lowest BCUT2D eigenvalue weighted by molar-refractivity contribution is 0.123. The summed E-state index contributed by atoms with van der Waals surface area (Å²) >= 11 is 1.23. The molecule has 0 aliphatic heterocycles. The van der Waals surface area contributed by atoms with Crippen molar-refractivity contribution in [3.8, 4) is 11.3 Å². The quantitative estimate of drug-likeness (QED) is 0.557. The summed E-state index contributed by atoms with van der Waals surface area (Å²) in [5.41, 5.74) is 0.240. The van der Waals surface area contributed by atoms with Crippen molar-refractivity contribution in [2.24, 2.45) is 5.41 Å². The second-order valence-corrected chi connectivity index (χ2v) is 10.6. The third-order valence-corrected chi connectivity index (χ3v) is 6.74. The van der Waals surface area contributed by atoms with Crippen LogP contribution in [0.2, 0.25) is 0 Å². The number of amides is 1. The molecular weight excluding hydrogens is 429 g/mol. The Morgan fingerprint density at radius 1 is 1.33 bits per heavy atom. The van der Waals surface area contributed by atoms with Crippen molar-refractivity contribution in [2.45, 2.75) is 32.2 Å². The van der Waals surface area contributed by atoms with E-state index < -0.39 is 22.1 Å². The van der Waals surface area contributed by atoms with Crippen LogP contribution in [0.3, 0.4) is 0 Å². The van der Waals surface area contributed by atoms with Gasteiger partial charge in [0.2, 0.25) is 5.95 Å². The molecule has 0 aliphatic carbocycles. The Hall–Kier alpha value is -2.72. The molecule has 3 heterocycles. The second-order valence-electron chi connectivity index (χ2n) is 8.03. The standard InChI is InChI=1S/C20H22FN3O4S2/c1-20(2,3)13-23(19(25)26)10-14-9-17(16-5-4-7-22-18(16)21)24(11-14)30(27,28)15-6-8-29-12-15/h4-9,11-12H,10,13H2,1-3H3,(H,25,26). The fraction of sp³-hybridized carbons (Fsp3) is 0.300. The van der Waals surface area contributed by atoms with Crippen molar-refractivity contribution in [2.75, 3.05) is 6.54 Å². The molecule has 0 saturated carbocycles. The molecule has 0 saturated heterocycles. The minimum absolute atomic E-state index is 0.0141. The van der Waals surface area contributed by atoms with E-state index >= 15 is 0 Å². The largest absolute Gasteiger partial charge is 0.465 e. The summed E-state index contributed by atoms with van der Waals surface area (Å²) in [5, 5.41) is 12.7. The van der Waals surface area contributed by atoms with Gasteiger partial charge >= 0.3 is 6.09 Å². The van der Waals surface area contributed by atoms with E-state index in [1.165, 1.54) is 58.3 Å². The Kier molecular flexibility index (Phi) is 6.00. The molecule has 3 aromatic heterocycles. The van der Waals surface area contributed by atoms with Gasteiger partial charge in [-0.05, 0) is 40.6 Å². The zero-order valence-corrected chi connectivity index (χ0v) is 18.4. The molecule has 0 atom stereocenters. The highest BCUT2D eigenvalue weighted by Crippen LogP contribution is 2.30. The number of rotatable bonds is 6. The van der Waals surface area contributed by atoms with Crippen LogP contribution in [0.25, 0.3) is 11.3 Å². The first-order valence-electron chi connectivity index (χ1n) is 9.07. The molecule has 160 valence electrons. The van der Waals surface area contributed by atoms with Gasteiger partial charge in [0.05, 0.1) is 22.7 Å². The molecule has 3 rings (SSSR count). The first-order valence-corrected chi connectivity index (χ1v) is 11.4. The summed E-state index contributed by atoms with van der Waals surface area (Å²) in [6, 6.07) is 5.90. The van der Waals surface area contributed by atoms with Crippen molar-refractivity contribution >= 4 is 27.5 Å². The van der Waals surface area contributed by atoms with Gasteiger partial charge in [0.1, 0.15) is 0 Å². The summed E-state index contributed by atoms with van der Waals surface area (Å²) in [7, 11) is -3.99. The van der Waals surface area contributed by atoms with Gasteiger partial charge in [-0.15, -0.1) is 0 Å². The highest BCUT2D eigenvalue weighted by molar-refractivity contribution is 7.90. The minimum atomic E-state index is -3.99. The summed E-state index contributed by atoms with van der Waals surface area (Å²) < 4.78 is 41.7. The van der Waals surface area contributed by atoms with Gasteiger partial charge in [-0.2, -0.15) is 15.7 Å². The van der Waals surface area contributed by atoms with E-state index in [4.69, 9.17) is 0 Å². The number of hydrogen-bond acceptors (Lipinski definition) is 5. The molecule has 10 heteroatoms. The van der Waals surface area contributed by atoms with Crippen LogP contribution in [-0.2, 0) is 16.6 Å². The maximum atomic E-state index is 14.4. The third-order valence-electron chi connectivity index (χ3n) is 4.24. The van der Waals surface area contributed by atoms with Crippen molar-refractivity contribution in [3.05, 3.63) is 58.9 Å². The number of nitrogens with zero attached hydrogens (tertiary/aromatic N) is 3. The molecule has 1 amide bonds. The molecule has 1 N–H and O–H groups in total. The molecule has 0 radical (unpaired) electrons. The SMILES string of the molecule is CC(C)(C)CN(Cc1cc(-c2cccnc2F)n(S(=O)(=O)c2ccsc2)c1)C(=O)O. The highest BCUT2D eigenvalue weighted by atomic mass is 32.2. The summed E-state index contributed by atoms with van der Waals surface area (Å²) in [5.74, 6) is -0.811. The van der Waals surface area contributed by atoms with Gasteiger partial charge in [-0.1, -0.05) is 20.8 Å².